The Hall–Kier alpha value is -1.87. The molecule has 0 aliphatic carbocycles. The van der Waals surface area contributed by atoms with Crippen LogP contribution in [0.15, 0.2) is 0 Å². The summed E-state index contributed by atoms with van der Waals surface area (Å²) in [6, 6.07) is 0. The van der Waals surface area contributed by atoms with Crippen LogP contribution in [-0.2, 0) is 19.1 Å². The van der Waals surface area contributed by atoms with E-state index in [1.165, 1.54) is 70.6 Å². The quantitative estimate of drug-likeness (QED) is 0.0407. The number of aliphatic hydroxyl groups excluding tert-OH is 6. The lowest BCUT2D eigenvalue weighted by Gasteiger charge is -2.31. The monoisotopic (exact) mass is 729 g/mol. The summed E-state index contributed by atoms with van der Waals surface area (Å²) in [7, 11) is 0. The van der Waals surface area contributed by atoms with Crippen LogP contribution in [0.5, 0.6) is 0 Å². The molecule has 9 N–H and O–H groups in total. The molecule has 0 saturated heterocycles. The van der Waals surface area contributed by atoms with Crippen molar-refractivity contribution in [2.24, 2.45) is 10.8 Å². The van der Waals surface area contributed by atoms with E-state index in [2.05, 4.69) is 20.8 Å². The van der Waals surface area contributed by atoms with Crippen LogP contribution < -0.4 is 0 Å². The van der Waals surface area contributed by atoms with Gasteiger partial charge < -0.3 is 50.7 Å². The molecule has 0 aromatic rings. The number of carboxylic acid groups (broad SMARTS) is 3. The van der Waals surface area contributed by atoms with Gasteiger partial charge in [-0.05, 0) is 19.3 Å². The van der Waals surface area contributed by atoms with Crippen LogP contribution in [-0.4, -0.2) is 117 Å². The molecule has 0 rings (SSSR count). The van der Waals surface area contributed by atoms with E-state index in [9.17, 15) is 14.4 Å². The van der Waals surface area contributed by atoms with Gasteiger partial charge in [0.05, 0.1) is 63.7 Å². The molecule has 0 atom stereocenters. The topological polar surface area (TPSA) is 243 Å². The van der Waals surface area contributed by atoms with Gasteiger partial charge in [-0.3, -0.25) is 14.4 Å². The fourth-order valence-corrected chi connectivity index (χ4v) is 4.23. The summed E-state index contributed by atoms with van der Waals surface area (Å²) in [5.74, 6) is -2.00. The Morgan fingerprint density at radius 3 is 0.780 bits per heavy atom. The van der Waals surface area contributed by atoms with E-state index in [0.29, 0.717) is 19.3 Å². The molecule has 50 heavy (non-hydrogen) atoms. The number of aliphatic hydroxyl groups is 6. The Bertz CT molecular complexity index is 690. The highest BCUT2D eigenvalue weighted by atomic mass is 16.5. The molecule has 0 aliphatic rings. The zero-order valence-corrected chi connectivity index (χ0v) is 31.7. The number of ether oxygens (including phenoxy) is 1. The molecule has 0 heterocycles. The van der Waals surface area contributed by atoms with Crippen LogP contribution in [0.4, 0.5) is 0 Å². The summed E-state index contributed by atoms with van der Waals surface area (Å²) in [6.45, 7) is 3.48. The fourth-order valence-electron chi connectivity index (χ4n) is 4.23. The van der Waals surface area contributed by atoms with Crippen molar-refractivity contribution in [1.82, 2.24) is 0 Å². The van der Waals surface area contributed by atoms with Gasteiger partial charge in [-0.25, -0.2) is 0 Å². The average Bonchev–Trinajstić information content (AvgIpc) is 3.10. The molecule has 0 radical (unpaired) electrons. The first-order valence-electron chi connectivity index (χ1n) is 18.8. The molecule has 0 aromatic carbocycles. The van der Waals surface area contributed by atoms with E-state index in [4.69, 9.17) is 50.7 Å². The highest BCUT2D eigenvalue weighted by molar-refractivity contribution is 5.67. The van der Waals surface area contributed by atoms with E-state index >= 15 is 0 Å². The van der Waals surface area contributed by atoms with Crippen molar-refractivity contribution in [2.45, 2.75) is 156 Å². The molecule has 0 aliphatic heterocycles. The molecule has 302 valence electrons. The van der Waals surface area contributed by atoms with Crippen molar-refractivity contribution in [3.63, 3.8) is 0 Å². The number of hydrogen-bond acceptors (Lipinski definition) is 10. The molecule has 0 unspecified atom stereocenters. The van der Waals surface area contributed by atoms with Gasteiger partial charge in [0.15, 0.2) is 0 Å². The van der Waals surface area contributed by atoms with Gasteiger partial charge in [-0.1, -0.05) is 117 Å². The lowest BCUT2D eigenvalue weighted by molar-refractivity contribution is -0.138. The molecule has 0 bridgehead atoms. The second-order valence-corrected chi connectivity index (χ2v) is 13.2. The first-order chi connectivity index (χ1) is 23.9. The second-order valence-electron chi connectivity index (χ2n) is 13.2. The minimum absolute atomic E-state index is 0.141. The van der Waals surface area contributed by atoms with Gasteiger partial charge in [0.1, 0.15) is 0 Å². The Morgan fingerprint density at radius 1 is 0.380 bits per heavy atom. The highest BCUT2D eigenvalue weighted by Gasteiger charge is 2.32. The normalized spacial score (nSPS) is 11.0. The summed E-state index contributed by atoms with van der Waals surface area (Å²) in [5.41, 5.74) is -2.32. The zero-order valence-electron chi connectivity index (χ0n) is 31.7. The van der Waals surface area contributed by atoms with Crippen LogP contribution >= 0.6 is 0 Å². The van der Waals surface area contributed by atoms with Gasteiger partial charge in [0.2, 0.25) is 0 Å². The Labute approximate surface area is 302 Å². The fraction of sp³-hybridized carbons (Fsp3) is 0.919. The predicted molar refractivity (Wildman–Crippen MR) is 195 cm³/mol. The average molecular weight is 729 g/mol. The molecule has 0 aromatic heterocycles. The first kappa shape index (κ1) is 54.9. The molecule has 0 saturated carbocycles. The Morgan fingerprint density at radius 2 is 0.580 bits per heavy atom. The molecule has 0 amide bonds. The maximum Gasteiger partial charge on any atom is 0.303 e. The van der Waals surface area contributed by atoms with Crippen LogP contribution in [0.2, 0.25) is 0 Å². The summed E-state index contributed by atoms with van der Waals surface area (Å²) in [5, 5.41) is 79.1. The van der Waals surface area contributed by atoms with Gasteiger partial charge in [0.25, 0.3) is 0 Å². The van der Waals surface area contributed by atoms with Crippen LogP contribution in [0.25, 0.3) is 0 Å². The van der Waals surface area contributed by atoms with Gasteiger partial charge in [-0.2, -0.15) is 0 Å². The summed E-state index contributed by atoms with van der Waals surface area (Å²) in [4.78, 5) is 30.2. The van der Waals surface area contributed by atoms with Gasteiger partial charge in [-0.15, -0.1) is 0 Å². The number of carbonyl (C=O) groups is 3. The molecule has 0 fully saturated rings. The zero-order chi connectivity index (χ0) is 38.9. The first-order valence-corrected chi connectivity index (χ1v) is 18.8. The summed E-state index contributed by atoms with van der Waals surface area (Å²) in [6.07, 6.45) is 21.9. The SMILES string of the molecule is CCCCCCC(=O)O.CCCCCCCC(=O)O.CCCCCCCCCCCC(=O)O.OCC(CO)(CO)COCC(CO)(CO)CO. The third-order valence-corrected chi connectivity index (χ3v) is 8.06. The summed E-state index contributed by atoms with van der Waals surface area (Å²) >= 11 is 0. The van der Waals surface area contributed by atoms with Crippen molar-refractivity contribution < 1.29 is 65.1 Å². The van der Waals surface area contributed by atoms with Crippen LogP contribution in [0.1, 0.15) is 156 Å². The largest absolute Gasteiger partial charge is 0.481 e. The second kappa shape index (κ2) is 41.5. The minimum atomic E-state index is -1.16. The van der Waals surface area contributed by atoms with E-state index in [0.717, 1.165) is 44.9 Å². The van der Waals surface area contributed by atoms with Crippen molar-refractivity contribution in [2.75, 3.05) is 52.9 Å². The summed E-state index contributed by atoms with van der Waals surface area (Å²) < 4.78 is 5.15. The van der Waals surface area contributed by atoms with Crippen LogP contribution in [0.3, 0.4) is 0 Å². The smallest absolute Gasteiger partial charge is 0.303 e. The number of unbranched alkanes of at least 4 members (excludes halogenated alkanes) is 15. The Kier molecular flexibility index (Phi) is 45.6. The molecule has 13 heteroatoms. The third-order valence-electron chi connectivity index (χ3n) is 8.06. The van der Waals surface area contributed by atoms with Crippen molar-refractivity contribution >= 4 is 17.9 Å². The predicted octanol–water partition coefficient (Wildman–Crippen LogP) is 5.39. The molecule has 0 spiro atoms. The number of rotatable bonds is 31. The lowest BCUT2D eigenvalue weighted by atomic mass is 9.91. The molecule has 13 nitrogen and oxygen atoms in total. The minimum Gasteiger partial charge on any atom is -0.481 e. The van der Waals surface area contributed by atoms with E-state index in [1.807, 2.05) is 0 Å². The van der Waals surface area contributed by atoms with Gasteiger partial charge in [0, 0.05) is 19.3 Å². The molecular formula is C37H76O13. The van der Waals surface area contributed by atoms with E-state index in [1.54, 1.807) is 0 Å². The van der Waals surface area contributed by atoms with Crippen molar-refractivity contribution in [1.29, 1.82) is 0 Å². The van der Waals surface area contributed by atoms with Crippen molar-refractivity contribution in [3.8, 4) is 0 Å². The third kappa shape index (κ3) is 40.6. The van der Waals surface area contributed by atoms with E-state index in [-0.39, 0.29) is 13.2 Å². The lowest BCUT2D eigenvalue weighted by Crippen LogP contribution is -2.43. The van der Waals surface area contributed by atoms with Crippen LogP contribution in [0, 0.1) is 10.8 Å². The number of aliphatic carboxylic acids is 3. The standard InChI is InChI=1S/C12H24O2.C10H22O7.C8H16O2.C7H14O2/c1-2-3-4-5-6-7-8-9-10-11-12(13)14;11-1-9(2-12,3-13)7-17-8-10(4-14,5-15)6-16;1-2-3-4-5-6-7-8(9)10;1-2-3-4-5-6-7(8)9/h2-11H2,1H3,(H,13,14);11-16H,1-8H2;2-7H2,1H3,(H,9,10);2-6H2,1H3,(H,8,9). The van der Waals surface area contributed by atoms with Crippen molar-refractivity contribution in [3.05, 3.63) is 0 Å². The maximum atomic E-state index is 10.2. The van der Waals surface area contributed by atoms with E-state index < -0.39 is 68.4 Å². The van der Waals surface area contributed by atoms with Gasteiger partial charge >= 0.3 is 17.9 Å². The molecular weight excluding hydrogens is 652 g/mol. The number of carboxylic acids is 3. The Balaban J connectivity index is -0.000000291. The maximum absolute atomic E-state index is 10.2. The highest BCUT2D eigenvalue weighted by Crippen LogP contribution is 2.20. The number of hydrogen-bond donors (Lipinski definition) is 9.